The van der Waals surface area contributed by atoms with Crippen molar-refractivity contribution < 1.29 is 17.9 Å². The van der Waals surface area contributed by atoms with Crippen LogP contribution in [0.3, 0.4) is 0 Å². The molecule has 0 bridgehead atoms. The summed E-state index contributed by atoms with van der Waals surface area (Å²) in [5.74, 6) is 0.0963. The van der Waals surface area contributed by atoms with E-state index >= 15 is 0 Å². The normalized spacial score (nSPS) is 23.3. The van der Waals surface area contributed by atoms with Crippen LogP contribution in [0.2, 0.25) is 0 Å². The Kier molecular flexibility index (Phi) is 5.76. The molecule has 0 aromatic carbocycles. The number of esters is 1. The third kappa shape index (κ3) is 4.74. The molecule has 0 spiro atoms. The summed E-state index contributed by atoms with van der Waals surface area (Å²) >= 11 is 0. The molecule has 0 amide bonds. The highest BCUT2D eigenvalue weighted by molar-refractivity contribution is 7.91. The van der Waals surface area contributed by atoms with Crippen molar-refractivity contribution in [1.82, 2.24) is 10.2 Å². The lowest BCUT2D eigenvalue weighted by Gasteiger charge is -2.32. The monoisotopic (exact) mass is 292 g/mol. The number of ether oxygens (including phenoxy) is 1. The van der Waals surface area contributed by atoms with Crippen molar-refractivity contribution in [2.45, 2.75) is 25.8 Å². The number of hydrogen-bond donors (Lipinski definition) is 1. The first-order valence-electron chi connectivity index (χ1n) is 6.62. The van der Waals surface area contributed by atoms with Gasteiger partial charge >= 0.3 is 5.97 Å². The van der Waals surface area contributed by atoms with Crippen LogP contribution in [0.25, 0.3) is 0 Å². The molecule has 1 aliphatic heterocycles. The molecule has 1 rings (SSSR count). The van der Waals surface area contributed by atoms with Gasteiger partial charge in [-0.05, 0) is 33.9 Å². The lowest BCUT2D eigenvalue weighted by molar-refractivity contribution is -0.151. The minimum atomic E-state index is -2.92. The van der Waals surface area contributed by atoms with Gasteiger partial charge in [-0.1, -0.05) is 0 Å². The van der Waals surface area contributed by atoms with Crippen LogP contribution >= 0.6 is 0 Å². The first-order valence-corrected chi connectivity index (χ1v) is 8.44. The fraction of sp³-hybridized carbons (Fsp3) is 0.917. The van der Waals surface area contributed by atoms with Crippen LogP contribution in [0.5, 0.6) is 0 Å². The molecule has 0 aromatic heterocycles. The summed E-state index contributed by atoms with van der Waals surface area (Å²) in [5.41, 5.74) is -0.801. The summed E-state index contributed by atoms with van der Waals surface area (Å²) in [6, 6.07) is 0. The quantitative estimate of drug-likeness (QED) is 0.698. The lowest BCUT2D eigenvalue weighted by atomic mass is 10.0. The van der Waals surface area contributed by atoms with Crippen LogP contribution in [0, 0.1) is 0 Å². The molecule has 0 saturated carbocycles. The highest BCUT2D eigenvalue weighted by atomic mass is 32.2. The average molecular weight is 292 g/mol. The molecule has 0 radical (unpaired) electrons. The van der Waals surface area contributed by atoms with Gasteiger partial charge in [0, 0.05) is 13.1 Å². The SMILES string of the molecule is CCOC(=O)C(C)(CN1CCCS(=O)(=O)CC1)NC. The molecule has 1 unspecified atom stereocenters. The van der Waals surface area contributed by atoms with Crippen LogP contribution in [0.15, 0.2) is 0 Å². The molecule has 1 atom stereocenters. The summed E-state index contributed by atoms with van der Waals surface area (Å²) in [7, 11) is -1.21. The molecule has 0 aromatic rings. The van der Waals surface area contributed by atoms with Crippen LogP contribution in [0.4, 0.5) is 0 Å². The maximum atomic E-state index is 12.0. The molecular weight excluding hydrogens is 268 g/mol. The van der Waals surface area contributed by atoms with Crippen LogP contribution in [0.1, 0.15) is 20.3 Å². The van der Waals surface area contributed by atoms with Crippen LogP contribution in [-0.2, 0) is 19.4 Å². The van der Waals surface area contributed by atoms with E-state index in [2.05, 4.69) is 5.32 Å². The van der Waals surface area contributed by atoms with Crippen molar-refractivity contribution in [1.29, 1.82) is 0 Å². The first-order chi connectivity index (χ1) is 8.83. The fourth-order valence-corrected chi connectivity index (χ4v) is 3.44. The third-order valence-electron chi connectivity index (χ3n) is 3.47. The van der Waals surface area contributed by atoms with E-state index in [1.165, 1.54) is 0 Å². The molecule has 6 nitrogen and oxygen atoms in total. The number of hydrogen-bond acceptors (Lipinski definition) is 6. The molecule has 1 N–H and O–H groups in total. The smallest absolute Gasteiger partial charge is 0.327 e. The Morgan fingerprint density at radius 3 is 2.63 bits per heavy atom. The van der Waals surface area contributed by atoms with E-state index < -0.39 is 15.4 Å². The van der Waals surface area contributed by atoms with Gasteiger partial charge in [-0.2, -0.15) is 0 Å². The minimum Gasteiger partial charge on any atom is -0.465 e. The molecule has 1 heterocycles. The maximum absolute atomic E-state index is 12.0. The van der Waals surface area contributed by atoms with Gasteiger partial charge < -0.3 is 10.1 Å². The Balaban J connectivity index is 2.67. The summed E-state index contributed by atoms with van der Waals surface area (Å²) in [4.78, 5) is 14.0. The summed E-state index contributed by atoms with van der Waals surface area (Å²) in [6.45, 7) is 5.51. The number of carbonyl (C=O) groups excluding carboxylic acids is 1. The average Bonchev–Trinajstić information content (AvgIpc) is 2.51. The van der Waals surface area contributed by atoms with E-state index in [1.54, 1.807) is 20.9 Å². The second-order valence-electron chi connectivity index (χ2n) is 5.08. The summed E-state index contributed by atoms with van der Waals surface area (Å²) < 4.78 is 28.2. The number of rotatable bonds is 5. The van der Waals surface area contributed by atoms with E-state index in [1.807, 2.05) is 4.90 Å². The Bertz CT molecular complexity index is 410. The predicted molar refractivity (Wildman–Crippen MR) is 73.8 cm³/mol. The Hall–Kier alpha value is -0.660. The van der Waals surface area contributed by atoms with Gasteiger partial charge in [0.2, 0.25) is 0 Å². The van der Waals surface area contributed by atoms with Gasteiger partial charge in [-0.25, -0.2) is 8.42 Å². The number of sulfone groups is 1. The van der Waals surface area contributed by atoms with Crippen molar-refractivity contribution in [3.05, 3.63) is 0 Å². The van der Waals surface area contributed by atoms with Gasteiger partial charge in [0.25, 0.3) is 0 Å². The van der Waals surface area contributed by atoms with Gasteiger partial charge in [0.15, 0.2) is 9.84 Å². The molecule has 7 heteroatoms. The lowest BCUT2D eigenvalue weighted by Crippen LogP contribution is -2.56. The van der Waals surface area contributed by atoms with E-state index in [4.69, 9.17) is 4.74 Å². The zero-order valence-electron chi connectivity index (χ0n) is 11.9. The van der Waals surface area contributed by atoms with Crippen molar-refractivity contribution >= 4 is 15.8 Å². The summed E-state index contributed by atoms with van der Waals surface area (Å²) in [6.07, 6.45) is 0.616. The molecule has 1 aliphatic rings. The van der Waals surface area contributed by atoms with Crippen molar-refractivity contribution in [2.24, 2.45) is 0 Å². The molecule has 1 saturated heterocycles. The fourth-order valence-electron chi connectivity index (χ4n) is 2.13. The Morgan fingerprint density at radius 2 is 2.05 bits per heavy atom. The molecular formula is C12H24N2O4S. The number of carbonyl (C=O) groups is 1. The molecule has 0 aliphatic carbocycles. The highest BCUT2D eigenvalue weighted by Gasteiger charge is 2.35. The standard InChI is InChI=1S/C12H24N2O4S/c1-4-18-11(15)12(2,13-3)10-14-6-5-8-19(16,17)9-7-14/h13H,4-10H2,1-3H3. The maximum Gasteiger partial charge on any atom is 0.327 e. The second kappa shape index (κ2) is 6.67. The second-order valence-corrected chi connectivity index (χ2v) is 7.39. The Morgan fingerprint density at radius 1 is 1.37 bits per heavy atom. The van der Waals surface area contributed by atoms with Crippen molar-refractivity contribution in [2.75, 3.05) is 44.8 Å². The first kappa shape index (κ1) is 16.4. The zero-order valence-corrected chi connectivity index (χ0v) is 12.8. The largest absolute Gasteiger partial charge is 0.465 e. The van der Waals surface area contributed by atoms with E-state index in [0.29, 0.717) is 32.7 Å². The number of nitrogens with one attached hydrogen (secondary N) is 1. The van der Waals surface area contributed by atoms with E-state index in [-0.39, 0.29) is 17.5 Å². The molecule has 1 fully saturated rings. The van der Waals surface area contributed by atoms with Crippen molar-refractivity contribution in [3.63, 3.8) is 0 Å². The summed E-state index contributed by atoms with van der Waals surface area (Å²) in [5, 5.41) is 2.99. The topological polar surface area (TPSA) is 75.7 Å². The van der Waals surface area contributed by atoms with Gasteiger partial charge in [0.1, 0.15) is 5.54 Å². The third-order valence-corrected chi connectivity index (χ3v) is 5.18. The molecule has 19 heavy (non-hydrogen) atoms. The Labute approximate surface area is 115 Å². The zero-order chi connectivity index (χ0) is 14.5. The predicted octanol–water partition coefficient (Wildman–Crippen LogP) is -0.352. The van der Waals surface area contributed by atoms with Gasteiger partial charge in [0.05, 0.1) is 18.1 Å². The van der Waals surface area contributed by atoms with Gasteiger partial charge in [-0.3, -0.25) is 9.69 Å². The number of likely N-dealkylation sites (N-methyl/N-ethyl adjacent to an activating group) is 1. The van der Waals surface area contributed by atoms with E-state index in [9.17, 15) is 13.2 Å². The highest BCUT2D eigenvalue weighted by Crippen LogP contribution is 2.12. The minimum absolute atomic E-state index is 0.162. The van der Waals surface area contributed by atoms with Crippen molar-refractivity contribution in [3.8, 4) is 0 Å². The number of nitrogens with zero attached hydrogens (tertiary/aromatic N) is 1. The molecule has 112 valence electrons. The van der Waals surface area contributed by atoms with Crippen LogP contribution in [-0.4, -0.2) is 69.6 Å². The van der Waals surface area contributed by atoms with Crippen LogP contribution < -0.4 is 5.32 Å². The van der Waals surface area contributed by atoms with Gasteiger partial charge in [-0.15, -0.1) is 0 Å². The van der Waals surface area contributed by atoms with E-state index in [0.717, 1.165) is 0 Å².